The zero-order valence-electron chi connectivity index (χ0n) is 10.0. The Hall–Kier alpha value is -1.37. The lowest BCUT2D eigenvalue weighted by atomic mass is 10.2. The molecular formula is C11H15NO5S. The van der Waals surface area contributed by atoms with E-state index < -0.39 is 11.2 Å². The zero-order valence-corrected chi connectivity index (χ0v) is 10.9. The number of hydrogen-bond acceptors (Lipinski definition) is 5. The first-order valence-corrected chi connectivity index (χ1v) is 6.53. The molecule has 1 aliphatic heterocycles. The molecule has 18 heavy (non-hydrogen) atoms. The molecule has 0 aromatic heterocycles. The van der Waals surface area contributed by atoms with Gasteiger partial charge in [0.05, 0.1) is 0 Å². The maximum absolute atomic E-state index is 11.3. The number of carboxylic acids is 1. The molecule has 0 unspecified atom stereocenters. The Morgan fingerprint density at radius 1 is 1.33 bits per heavy atom. The molecule has 6 nitrogen and oxygen atoms in total. The van der Waals surface area contributed by atoms with Crippen molar-refractivity contribution in [1.82, 2.24) is 4.90 Å². The smallest absolute Gasteiger partial charge is 0.317 e. The summed E-state index contributed by atoms with van der Waals surface area (Å²) in [5.74, 6) is -1.45. The fourth-order valence-corrected chi connectivity index (χ4v) is 2.53. The lowest BCUT2D eigenvalue weighted by Crippen LogP contribution is -2.31. The van der Waals surface area contributed by atoms with E-state index in [1.54, 1.807) is 0 Å². The van der Waals surface area contributed by atoms with Crippen LogP contribution < -0.4 is 0 Å². The lowest BCUT2D eigenvalue weighted by Gasteiger charge is -2.15. The average Bonchev–Trinajstić information content (AvgIpc) is 2.58. The van der Waals surface area contributed by atoms with Crippen molar-refractivity contribution in [3.05, 3.63) is 0 Å². The molecule has 7 heteroatoms. The summed E-state index contributed by atoms with van der Waals surface area (Å²) in [5, 5.41) is 7.83. The molecule has 1 heterocycles. The zero-order chi connectivity index (χ0) is 13.7. The third kappa shape index (κ3) is 4.14. The van der Waals surface area contributed by atoms with E-state index in [2.05, 4.69) is 0 Å². The molecule has 0 saturated carbocycles. The van der Waals surface area contributed by atoms with Crippen molar-refractivity contribution in [3.63, 3.8) is 0 Å². The van der Waals surface area contributed by atoms with Gasteiger partial charge in [0.15, 0.2) is 5.12 Å². The van der Waals surface area contributed by atoms with Crippen molar-refractivity contribution in [2.75, 3.05) is 6.54 Å². The molecule has 1 saturated heterocycles. The van der Waals surface area contributed by atoms with Gasteiger partial charge in [0.1, 0.15) is 5.25 Å². The van der Waals surface area contributed by atoms with E-state index in [-0.39, 0.29) is 42.7 Å². The van der Waals surface area contributed by atoms with Crippen LogP contribution in [0.2, 0.25) is 0 Å². The summed E-state index contributed by atoms with van der Waals surface area (Å²) in [4.78, 5) is 45.5. The maximum atomic E-state index is 11.3. The van der Waals surface area contributed by atoms with Crippen LogP contribution in [0.15, 0.2) is 0 Å². The van der Waals surface area contributed by atoms with Crippen molar-refractivity contribution >= 4 is 34.7 Å². The highest BCUT2D eigenvalue weighted by atomic mass is 32.2. The number of thioether (sulfide) groups is 1. The second kappa shape index (κ2) is 6.53. The van der Waals surface area contributed by atoms with Crippen LogP contribution in [0.5, 0.6) is 0 Å². The number of likely N-dealkylation sites (tertiary alicyclic amines) is 1. The molecular weight excluding hydrogens is 258 g/mol. The van der Waals surface area contributed by atoms with E-state index >= 15 is 0 Å². The molecule has 0 spiro atoms. The number of aliphatic carboxylic acids is 1. The second-order valence-corrected chi connectivity index (χ2v) is 5.40. The number of carbonyl (C=O) groups is 4. The van der Waals surface area contributed by atoms with E-state index in [0.29, 0.717) is 6.42 Å². The molecule has 0 bridgehead atoms. The van der Waals surface area contributed by atoms with Crippen LogP contribution in [0.25, 0.3) is 0 Å². The molecule has 0 aromatic rings. The van der Waals surface area contributed by atoms with E-state index in [1.165, 1.54) is 6.92 Å². The molecule has 1 fully saturated rings. The van der Waals surface area contributed by atoms with E-state index in [9.17, 15) is 19.2 Å². The Labute approximate surface area is 109 Å². The molecule has 2 amide bonds. The number of carbonyl (C=O) groups excluding carboxylic acids is 3. The first kappa shape index (κ1) is 14.7. The van der Waals surface area contributed by atoms with Crippen molar-refractivity contribution in [2.24, 2.45) is 0 Å². The minimum Gasteiger partial charge on any atom is -0.480 e. The SMILES string of the molecule is CC(=O)S[C@H](CCCN1C(=O)CCC1=O)C(=O)O. The second-order valence-electron chi connectivity index (χ2n) is 4.02. The average molecular weight is 273 g/mol. The van der Waals surface area contributed by atoms with Gasteiger partial charge in [-0.1, -0.05) is 11.8 Å². The highest BCUT2D eigenvalue weighted by Gasteiger charge is 2.29. The third-order valence-corrected chi connectivity index (χ3v) is 3.64. The lowest BCUT2D eigenvalue weighted by molar-refractivity contribution is -0.138. The van der Waals surface area contributed by atoms with Crippen LogP contribution in [0.1, 0.15) is 32.6 Å². The number of carboxylic acid groups (broad SMARTS) is 1. The molecule has 0 aromatic carbocycles. The highest BCUT2D eigenvalue weighted by molar-refractivity contribution is 8.14. The van der Waals surface area contributed by atoms with Gasteiger partial charge in [-0.25, -0.2) is 0 Å². The van der Waals surface area contributed by atoms with Gasteiger partial charge in [0, 0.05) is 26.3 Å². The van der Waals surface area contributed by atoms with Gasteiger partial charge in [-0.15, -0.1) is 0 Å². The predicted molar refractivity (Wildman–Crippen MR) is 64.9 cm³/mol. The Balaban J connectivity index is 2.39. The van der Waals surface area contributed by atoms with E-state index in [0.717, 1.165) is 16.7 Å². The minimum atomic E-state index is -1.05. The van der Waals surface area contributed by atoms with Crippen molar-refractivity contribution in [2.45, 2.75) is 37.9 Å². The van der Waals surface area contributed by atoms with E-state index in [1.807, 2.05) is 0 Å². The van der Waals surface area contributed by atoms with Crippen LogP contribution >= 0.6 is 11.8 Å². The fourth-order valence-electron chi connectivity index (χ4n) is 1.74. The highest BCUT2D eigenvalue weighted by Crippen LogP contribution is 2.19. The predicted octanol–water partition coefficient (Wildman–Crippen LogP) is 0.648. The van der Waals surface area contributed by atoms with Gasteiger partial charge in [0.25, 0.3) is 0 Å². The van der Waals surface area contributed by atoms with Crippen LogP contribution in [0, 0.1) is 0 Å². The van der Waals surface area contributed by atoms with Crippen molar-refractivity contribution in [3.8, 4) is 0 Å². The molecule has 0 aliphatic carbocycles. The van der Waals surface area contributed by atoms with Gasteiger partial charge in [0.2, 0.25) is 11.8 Å². The number of hydrogen-bond donors (Lipinski definition) is 1. The Morgan fingerprint density at radius 2 is 1.89 bits per heavy atom. The van der Waals surface area contributed by atoms with Crippen molar-refractivity contribution < 1.29 is 24.3 Å². The summed E-state index contributed by atoms with van der Waals surface area (Å²) in [7, 11) is 0. The van der Waals surface area contributed by atoms with Crippen LogP contribution in [-0.4, -0.2) is 44.7 Å². The van der Waals surface area contributed by atoms with Crippen molar-refractivity contribution in [1.29, 1.82) is 0 Å². The molecule has 1 atom stereocenters. The summed E-state index contributed by atoms with van der Waals surface area (Å²) in [6.45, 7) is 1.55. The Bertz CT molecular complexity index is 366. The molecule has 1 rings (SSSR count). The first-order valence-electron chi connectivity index (χ1n) is 5.65. The van der Waals surface area contributed by atoms with Gasteiger partial charge in [-0.2, -0.15) is 0 Å². The maximum Gasteiger partial charge on any atom is 0.317 e. The summed E-state index contributed by atoms with van der Waals surface area (Å²) in [6.07, 6.45) is 1.14. The molecule has 1 N–H and O–H groups in total. The first-order chi connectivity index (χ1) is 8.41. The monoisotopic (exact) mass is 273 g/mol. The number of imide groups is 1. The summed E-state index contributed by atoms with van der Waals surface area (Å²) >= 11 is 0.765. The van der Waals surface area contributed by atoms with Crippen LogP contribution in [-0.2, 0) is 19.2 Å². The summed E-state index contributed by atoms with van der Waals surface area (Å²) in [5.41, 5.74) is 0. The largest absolute Gasteiger partial charge is 0.480 e. The molecule has 1 aliphatic rings. The topological polar surface area (TPSA) is 91.8 Å². The van der Waals surface area contributed by atoms with E-state index in [4.69, 9.17) is 5.11 Å². The summed E-state index contributed by atoms with van der Waals surface area (Å²) in [6, 6.07) is 0. The fraction of sp³-hybridized carbons (Fsp3) is 0.636. The minimum absolute atomic E-state index is 0.203. The van der Waals surface area contributed by atoms with Crippen LogP contribution in [0.4, 0.5) is 0 Å². The number of amides is 2. The Kier molecular flexibility index (Phi) is 5.33. The number of nitrogens with zero attached hydrogens (tertiary/aromatic N) is 1. The molecule has 0 radical (unpaired) electrons. The van der Waals surface area contributed by atoms with Gasteiger partial charge < -0.3 is 5.11 Å². The Morgan fingerprint density at radius 3 is 2.33 bits per heavy atom. The van der Waals surface area contributed by atoms with Gasteiger partial charge >= 0.3 is 5.97 Å². The van der Waals surface area contributed by atoms with Gasteiger partial charge in [-0.05, 0) is 12.8 Å². The standard InChI is InChI=1S/C11H15NO5S/c1-7(13)18-8(11(16)17)3-2-6-12-9(14)4-5-10(12)15/h8H,2-6H2,1H3,(H,16,17)/t8-/m1/s1. The third-order valence-electron chi connectivity index (χ3n) is 2.59. The van der Waals surface area contributed by atoms with Crippen LogP contribution in [0.3, 0.4) is 0 Å². The number of rotatable bonds is 6. The quantitative estimate of drug-likeness (QED) is 0.714. The summed E-state index contributed by atoms with van der Waals surface area (Å²) < 4.78 is 0. The van der Waals surface area contributed by atoms with Gasteiger partial charge in [-0.3, -0.25) is 24.1 Å². The normalized spacial score (nSPS) is 17.1. The molecule has 100 valence electrons.